The summed E-state index contributed by atoms with van der Waals surface area (Å²) in [7, 11) is 0. The van der Waals surface area contributed by atoms with E-state index < -0.39 is 0 Å². The highest BCUT2D eigenvalue weighted by Gasteiger charge is 2.31. The Balaban J connectivity index is 2.09. The molecule has 1 aliphatic heterocycles. The molecule has 0 aromatic heterocycles. The van der Waals surface area contributed by atoms with E-state index in [1.165, 1.54) is 31.4 Å². The molecular formula is C13H18ClN. The van der Waals surface area contributed by atoms with Gasteiger partial charge in [-0.1, -0.05) is 30.7 Å². The molecular weight excluding hydrogens is 206 g/mol. The summed E-state index contributed by atoms with van der Waals surface area (Å²) in [5, 5.41) is 4.47. The second kappa shape index (κ2) is 4.54. The van der Waals surface area contributed by atoms with Crippen LogP contribution in [-0.4, -0.2) is 12.1 Å². The molecule has 1 aromatic rings. The molecule has 0 amide bonds. The zero-order valence-electron chi connectivity index (χ0n) is 9.22. The summed E-state index contributed by atoms with van der Waals surface area (Å²) in [4.78, 5) is 0. The van der Waals surface area contributed by atoms with E-state index in [0.29, 0.717) is 5.54 Å². The highest BCUT2D eigenvalue weighted by Crippen LogP contribution is 2.27. The van der Waals surface area contributed by atoms with E-state index in [2.05, 4.69) is 24.4 Å². The van der Waals surface area contributed by atoms with Gasteiger partial charge in [-0.3, -0.25) is 0 Å². The van der Waals surface area contributed by atoms with E-state index in [9.17, 15) is 0 Å². The Morgan fingerprint density at radius 3 is 2.60 bits per heavy atom. The molecule has 82 valence electrons. The van der Waals surface area contributed by atoms with Crippen LogP contribution in [0.3, 0.4) is 0 Å². The third kappa shape index (κ3) is 2.53. The lowest BCUT2D eigenvalue weighted by atomic mass is 9.87. The first-order chi connectivity index (χ1) is 7.24. The van der Waals surface area contributed by atoms with E-state index >= 15 is 0 Å². The fourth-order valence-corrected chi connectivity index (χ4v) is 2.57. The summed E-state index contributed by atoms with van der Waals surface area (Å²) in [6.07, 6.45) is 4.93. The van der Waals surface area contributed by atoms with E-state index in [0.717, 1.165) is 11.4 Å². The molecule has 15 heavy (non-hydrogen) atoms. The lowest BCUT2D eigenvalue weighted by Gasteiger charge is -2.28. The topological polar surface area (TPSA) is 12.0 Å². The average molecular weight is 224 g/mol. The summed E-state index contributed by atoms with van der Waals surface area (Å²) in [6, 6.07) is 8.24. The van der Waals surface area contributed by atoms with Gasteiger partial charge in [-0.15, -0.1) is 0 Å². The minimum absolute atomic E-state index is 0.341. The van der Waals surface area contributed by atoms with Crippen molar-refractivity contribution in [3.63, 3.8) is 0 Å². The van der Waals surface area contributed by atoms with Crippen LogP contribution < -0.4 is 5.32 Å². The maximum Gasteiger partial charge on any atom is 0.0406 e. The third-order valence-corrected chi connectivity index (χ3v) is 3.72. The highest BCUT2D eigenvalue weighted by molar-refractivity contribution is 6.30. The molecule has 0 spiro atoms. The number of hydrogen-bond acceptors (Lipinski definition) is 1. The van der Waals surface area contributed by atoms with Gasteiger partial charge in [-0.25, -0.2) is 0 Å². The molecule has 1 unspecified atom stereocenters. The molecule has 1 aliphatic rings. The molecule has 1 saturated heterocycles. The Morgan fingerprint density at radius 1 is 1.33 bits per heavy atom. The zero-order chi connectivity index (χ0) is 10.7. The number of halogens is 1. The zero-order valence-corrected chi connectivity index (χ0v) is 9.98. The maximum atomic E-state index is 5.88. The van der Waals surface area contributed by atoms with E-state index in [4.69, 9.17) is 11.6 Å². The second-order valence-corrected chi connectivity index (χ2v) is 4.90. The summed E-state index contributed by atoms with van der Waals surface area (Å²) in [5.74, 6) is 0. The standard InChI is InChI=1S/C13H18ClN/c1-2-13(8-3-9-15-13)10-11-4-6-12(14)7-5-11/h4-7,15H,2-3,8-10H2,1H3. The lowest BCUT2D eigenvalue weighted by Crippen LogP contribution is -2.41. The lowest BCUT2D eigenvalue weighted by molar-refractivity contribution is 0.360. The van der Waals surface area contributed by atoms with Gasteiger partial charge < -0.3 is 5.32 Å². The minimum Gasteiger partial charge on any atom is -0.311 e. The fourth-order valence-electron chi connectivity index (χ4n) is 2.44. The first kappa shape index (κ1) is 11.0. The van der Waals surface area contributed by atoms with Gasteiger partial charge in [-0.05, 0) is 49.9 Å². The number of nitrogens with one attached hydrogen (secondary N) is 1. The van der Waals surface area contributed by atoms with Gasteiger partial charge in [0.15, 0.2) is 0 Å². The van der Waals surface area contributed by atoms with Gasteiger partial charge in [0, 0.05) is 10.6 Å². The summed E-state index contributed by atoms with van der Waals surface area (Å²) < 4.78 is 0. The first-order valence-electron chi connectivity index (χ1n) is 5.74. The van der Waals surface area contributed by atoms with Crippen molar-refractivity contribution < 1.29 is 0 Å². The van der Waals surface area contributed by atoms with Crippen LogP contribution in [0.2, 0.25) is 5.02 Å². The third-order valence-electron chi connectivity index (χ3n) is 3.46. The number of hydrogen-bond donors (Lipinski definition) is 1. The summed E-state index contributed by atoms with van der Waals surface area (Å²) in [5.41, 5.74) is 1.73. The first-order valence-corrected chi connectivity index (χ1v) is 6.11. The van der Waals surface area contributed by atoms with Gasteiger partial charge in [0.1, 0.15) is 0 Å². The second-order valence-electron chi connectivity index (χ2n) is 4.47. The molecule has 2 rings (SSSR count). The predicted molar refractivity (Wildman–Crippen MR) is 65.4 cm³/mol. The highest BCUT2D eigenvalue weighted by atomic mass is 35.5. The van der Waals surface area contributed by atoms with Gasteiger partial charge >= 0.3 is 0 Å². The predicted octanol–water partition coefficient (Wildman–Crippen LogP) is 3.41. The van der Waals surface area contributed by atoms with Crippen molar-refractivity contribution in [2.75, 3.05) is 6.54 Å². The maximum absolute atomic E-state index is 5.88. The molecule has 0 saturated carbocycles. The number of benzene rings is 1. The van der Waals surface area contributed by atoms with Crippen molar-refractivity contribution in [1.82, 2.24) is 5.32 Å². The molecule has 1 aromatic carbocycles. The van der Waals surface area contributed by atoms with Gasteiger partial charge in [-0.2, -0.15) is 0 Å². The van der Waals surface area contributed by atoms with E-state index in [1.807, 2.05) is 12.1 Å². The summed E-state index contributed by atoms with van der Waals surface area (Å²) >= 11 is 5.88. The Morgan fingerprint density at radius 2 is 2.07 bits per heavy atom. The summed E-state index contributed by atoms with van der Waals surface area (Å²) in [6.45, 7) is 3.44. The van der Waals surface area contributed by atoms with Gasteiger partial charge in [0.2, 0.25) is 0 Å². The molecule has 0 aliphatic carbocycles. The Labute approximate surface area is 96.8 Å². The van der Waals surface area contributed by atoms with Crippen LogP contribution in [0.4, 0.5) is 0 Å². The van der Waals surface area contributed by atoms with Crippen LogP contribution >= 0.6 is 11.6 Å². The molecule has 1 atom stereocenters. The SMILES string of the molecule is CCC1(Cc2ccc(Cl)cc2)CCCN1. The fraction of sp³-hybridized carbons (Fsp3) is 0.538. The smallest absolute Gasteiger partial charge is 0.0406 e. The molecule has 1 N–H and O–H groups in total. The molecule has 0 bridgehead atoms. The molecule has 1 fully saturated rings. The van der Waals surface area contributed by atoms with Crippen LogP contribution in [0.25, 0.3) is 0 Å². The van der Waals surface area contributed by atoms with Crippen LogP contribution in [0, 0.1) is 0 Å². The van der Waals surface area contributed by atoms with Crippen LogP contribution in [0.5, 0.6) is 0 Å². The van der Waals surface area contributed by atoms with E-state index in [-0.39, 0.29) is 0 Å². The molecule has 0 radical (unpaired) electrons. The monoisotopic (exact) mass is 223 g/mol. The molecule has 1 nitrogen and oxygen atoms in total. The molecule has 1 heterocycles. The molecule has 2 heteroatoms. The van der Waals surface area contributed by atoms with E-state index in [1.54, 1.807) is 0 Å². The van der Waals surface area contributed by atoms with Crippen LogP contribution in [0.1, 0.15) is 31.7 Å². The van der Waals surface area contributed by atoms with Crippen molar-refractivity contribution in [3.05, 3.63) is 34.9 Å². The van der Waals surface area contributed by atoms with Crippen molar-refractivity contribution in [2.24, 2.45) is 0 Å². The van der Waals surface area contributed by atoms with Crippen LogP contribution in [-0.2, 0) is 6.42 Å². The Kier molecular flexibility index (Phi) is 3.32. The normalized spacial score (nSPS) is 25.7. The minimum atomic E-state index is 0.341. The quantitative estimate of drug-likeness (QED) is 0.828. The van der Waals surface area contributed by atoms with Gasteiger partial charge in [0.25, 0.3) is 0 Å². The average Bonchev–Trinajstić information content (AvgIpc) is 2.71. The van der Waals surface area contributed by atoms with Gasteiger partial charge in [0.05, 0.1) is 0 Å². The Hall–Kier alpha value is -0.530. The van der Waals surface area contributed by atoms with Crippen molar-refractivity contribution in [3.8, 4) is 0 Å². The number of rotatable bonds is 3. The van der Waals surface area contributed by atoms with Crippen molar-refractivity contribution >= 4 is 11.6 Å². The largest absolute Gasteiger partial charge is 0.311 e. The van der Waals surface area contributed by atoms with Crippen LogP contribution in [0.15, 0.2) is 24.3 Å². The van der Waals surface area contributed by atoms with Crippen molar-refractivity contribution in [2.45, 2.75) is 38.1 Å². The Bertz CT molecular complexity index is 312. The van der Waals surface area contributed by atoms with Crippen molar-refractivity contribution in [1.29, 1.82) is 0 Å².